The van der Waals surface area contributed by atoms with Gasteiger partial charge in [0.2, 0.25) is 0 Å². The van der Waals surface area contributed by atoms with E-state index in [1.165, 1.54) is 0 Å². The molecule has 0 spiro atoms. The zero-order valence-electron chi connectivity index (χ0n) is 11.0. The highest BCUT2D eigenvalue weighted by Crippen LogP contribution is 2.22. The SMILES string of the molecule is O=c1cc(-c2ccccc2)n(CCO)c2ccccc12. The summed E-state index contributed by atoms with van der Waals surface area (Å²) < 4.78 is 1.99. The summed E-state index contributed by atoms with van der Waals surface area (Å²) in [5, 5.41) is 10.0. The Bertz CT molecular complexity index is 791. The summed E-state index contributed by atoms with van der Waals surface area (Å²) in [6.07, 6.45) is 0. The zero-order chi connectivity index (χ0) is 13.9. The Hall–Kier alpha value is -2.39. The summed E-state index contributed by atoms with van der Waals surface area (Å²) in [7, 11) is 0. The van der Waals surface area contributed by atoms with Gasteiger partial charge in [-0.15, -0.1) is 0 Å². The second-order valence-electron chi connectivity index (χ2n) is 4.65. The van der Waals surface area contributed by atoms with Crippen molar-refractivity contribution in [2.24, 2.45) is 0 Å². The minimum absolute atomic E-state index is 0.00800. The van der Waals surface area contributed by atoms with Crippen molar-refractivity contribution in [3.63, 3.8) is 0 Å². The summed E-state index contributed by atoms with van der Waals surface area (Å²) in [5.74, 6) is 0. The van der Waals surface area contributed by atoms with E-state index in [-0.39, 0.29) is 12.0 Å². The molecule has 0 aliphatic heterocycles. The summed E-state index contributed by atoms with van der Waals surface area (Å²) in [6, 6.07) is 18.9. The Morgan fingerprint density at radius 1 is 0.950 bits per heavy atom. The first-order valence-electron chi connectivity index (χ1n) is 6.60. The molecule has 0 aliphatic rings. The van der Waals surface area contributed by atoms with Crippen LogP contribution < -0.4 is 5.43 Å². The van der Waals surface area contributed by atoms with Gasteiger partial charge in [-0.3, -0.25) is 4.79 Å². The molecule has 0 fully saturated rings. The fourth-order valence-electron chi connectivity index (χ4n) is 2.52. The summed E-state index contributed by atoms with van der Waals surface area (Å²) in [5.41, 5.74) is 2.67. The Balaban J connectivity index is 2.37. The van der Waals surface area contributed by atoms with Crippen LogP contribution in [0.3, 0.4) is 0 Å². The van der Waals surface area contributed by atoms with Crippen molar-refractivity contribution in [1.29, 1.82) is 0 Å². The molecule has 100 valence electrons. The Morgan fingerprint density at radius 3 is 2.40 bits per heavy atom. The normalized spacial score (nSPS) is 10.8. The molecule has 0 bridgehead atoms. The van der Waals surface area contributed by atoms with Gasteiger partial charge >= 0.3 is 0 Å². The average Bonchev–Trinajstić information content (AvgIpc) is 2.51. The van der Waals surface area contributed by atoms with E-state index < -0.39 is 0 Å². The van der Waals surface area contributed by atoms with Gasteiger partial charge in [-0.2, -0.15) is 0 Å². The molecule has 3 aromatic rings. The number of aliphatic hydroxyl groups excluding tert-OH is 1. The third-order valence-electron chi connectivity index (χ3n) is 3.41. The minimum Gasteiger partial charge on any atom is -0.395 e. The van der Waals surface area contributed by atoms with Gasteiger partial charge in [0.15, 0.2) is 5.43 Å². The molecule has 3 nitrogen and oxygen atoms in total. The molecule has 0 aliphatic carbocycles. The molecular formula is C17H15NO2. The van der Waals surface area contributed by atoms with Crippen molar-refractivity contribution in [3.8, 4) is 11.3 Å². The molecule has 0 radical (unpaired) electrons. The number of benzene rings is 2. The molecule has 2 aromatic carbocycles. The number of hydrogen-bond acceptors (Lipinski definition) is 2. The van der Waals surface area contributed by atoms with Crippen LogP contribution in [0.4, 0.5) is 0 Å². The van der Waals surface area contributed by atoms with E-state index in [0.29, 0.717) is 11.9 Å². The number of fused-ring (bicyclic) bond motifs is 1. The lowest BCUT2D eigenvalue weighted by molar-refractivity contribution is 0.278. The summed E-state index contributed by atoms with van der Waals surface area (Å²) >= 11 is 0. The lowest BCUT2D eigenvalue weighted by atomic mass is 10.1. The van der Waals surface area contributed by atoms with E-state index in [1.807, 2.05) is 59.2 Å². The standard InChI is InChI=1S/C17H15NO2/c19-11-10-18-15-9-5-4-8-14(15)17(20)12-16(18)13-6-2-1-3-7-13/h1-9,12,19H,10-11H2. The average molecular weight is 265 g/mol. The van der Waals surface area contributed by atoms with Crippen LogP contribution in [0.25, 0.3) is 22.2 Å². The molecule has 0 saturated heterocycles. The smallest absolute Gasteiger partial charge is 0.190 e. The number of aromatic nitrogens is 1. The lowest BCUT2D eigenvalue weighted by Crippen LogP contribution is -2.13. The molecule has 3 heteroatoms. The Kier molecular flexibility index (Phi) is 3.35. The number of nitrogens with zero attached hydrogens (tertiary/aromatic N) is 1. The number of para-hydroxylation sites is 1. The van der Waals surface area contributed by atoms with Crippen molar-refractivity contribution < 1.29 is 5.11 Å². The molecule has 3 rings (SSSR count). The lowest BCUT2D eigenvalue weighted by Gasteiger charge is -2.16. The second-order valence-corrected chi connectivity index (χ2v) is 4.65. The van der Waals surface area contributed by atoms with Crippen LogP contribution in [0.1, 0.15) is 0 Å². The van der Waals surface area contributed by atoms with Crippen LogP contribution in [0, 0.1) is 0 Å². The first-order chi connectivity index (χ1) is 9.81. The van der Waals surface area contributed by atoms with Gasteiger partial charge in [0.25, 0.3) is 0 Å². The van der Waals surface area contributed by atoms with Crippen LogP contribution >= 0.6 is 0 Å². The fourth-order valence-corrected chi connectivity index (χ4v) is 2.52. The Labute approximate surface area is 116 Å². The largest absolute Gasteiger partial charge is 0.395 e. The van der Waals surface area contributed by atoms with Gasteiger partial charge in [0.05, 0.1) is 17.8 Å². The number of pyridine rings is 1. The molecule has 1 N–H and O–H groups in total. The quantitative estimate of drug-likeness (QED) is 0.791. The monoisotopic (exact) mass is 265 g/mol. The molecule has 20 heavy (non-hydrogen) atoms. The van der Waals surface area contributed by atoms with Crippen LogP contribution in [-0.4, -0.2) is 16.3 Å². The van der Waals surface area contributed by atoms with Crippen molar-refractivity contribution in [2.75, 3.05) is 6.61 Å². The topological polar surface area (TPSA) is 42.2 Å². The maximum absolute atomic E-state index is 12.3. The first-order valence-corrected chi connectivity index (χ1v) is 6.60. The van der Waals surface area contributed by atoms with Crippen molar-refractivity contribution in [2.45, 2.75) is 6.54 Å². The van der Waals surface area contributed by atoms with Crippen LogP contribution in [0.2, 0.25) is 0 Å². The molecule has 0 atom stereocenters. The maximum Gasteiger partial charge on any atom is 0.190 e. The number of hydrogen-bond donors (Lipinski definition) is 1. The van der Waals surface area contributed by atoms with Gasteiger partial charge in [-0.1, -0.05) is 42.5 Å². The van der Waals surface area contributed by atoms with E-state index in [4.69, 9.17) is 0 Å². The molecule has 1 heterocycles. The second kappa shape index (κ2) is 5.31. The number of rotatable bonds is 3. The molecular weight excluding hydrogens is 250 g/mol. The predicted molar refractivity (Wildman–Crippen MR) is 80.7 cm³/mol. The van der Waals surface area contributed by atoms with E-state index >= 15 is 0 Å². The minimum atomic E-state index is 0.00800. The highest BCUT2D eigenvalue weighted by molar-refractivity contribution is 5.82. The van der Waals surface area contributed by atoms with E-state index in [9.17, 15) is 9.90 Å². The molecule has 0 unspecified atom stereocenters. The van der Waals surface area contributed by atoms with Crippen molar-refractivity contribution >= 4 is 10.9 Å². The maximum atomic E-state index is 12.3. The molecule has 1 aromatic heterocycles. The first kappa shape index (κ1) is 12.6. The summed E-state index contributed by atoms with van der Waals surface area (Å²) in [6.45, 7) is 0.498. The van der Waals surface area contributed by atoms with Gasteiger partial charge < -0.3 is 9.67 Å². The highest BCUT2D eigenvalue weighted by atomic mass is 16.3. The van der Waals surface area contributed by atoms with E-state index in [1.54, 1.807) is 6.07 Å². The van der Waals surface area contributed by atoms with Gasteiger partial charge in [0, 0.05) is 18.0 Å². The fraction of sp³-hybridized carbons (Fsp3) is 0.118. The third kappa shape index (κ3) is 2.12. The predicted octanol–water partition coefficient (Wildman–Crippen LogP) is 2.66. The van der Waals surface area contributed by atoms with Crippen molar-refractivity contribution in [3.05, 3.63) is 70.9 Å². The number of aliphatic hydroxyl groups is 1. The van der Waals surface area contributed by atoms with Gasteiger partial charge in [0.1, 0.15) is 0 Å². The highest BCUT2D eigenvalue weighted by Gasteiger charge is 2.09. The summed E-state index contributed by atoms with van der Waals surface area (Å²) in [4.78, 5) is 12.3. The van der Waals surface area contributed by atoms with Crippen LogP contribution in [0.5, 0.6) is 0 Å². The van der Waals surface area contributed by atoms with Crippen LogP contribution in [-0.2, 0) is 6.54 Å². The van der Waals surface area contributed by atoms with E-state index in [2.05, 4.69) is 0 Å². The Morgan fingerprint density at radius 2 is 1.65 bits per heavy atom. The van der Waals surface area contributed by atoms with Crippen molar-refractivity contribution in [1.82, 2.24) is 4.57 Å². The van der Waals surface area contributed by atoms with Gasteiger partial charge in [-0.05, 0) is 17.7 Å². The van der Waals surface area contributed by atoms with Gasteiger partial charge in [-0.25, -0.2) is 0 Å². The molecule has 0 amide bonds. The zero-order valence-corrected chi connectivity index (χ0v) is 11.0. The third-order valence-corrected chi connectivity index (χ3v) is 3.41. The van der Waals surface area contributed by atoms with E-state index in [0.717, 1.165) is 16.8 Å². The molecule has 0 saturated carbocycles. The van der Waals surface area contributed by atoms with Crippen LogP contribution in [0.15, 0.2) is 65.5 Å².